The predicted octanol–water partition coefficient (Wildman–Crippen LogP) is 5.82. The number of hydrogen-bond acceptors (Lipinski definition) is 5. The number of rotatable bonds is 7. The number of thiazole rings is 1. The van der Waals surface area contributed by atoms with Gasteiger partial charge in [0.2, 0.25) is 5.92 Å². The maximum atomic E-state index is 14.3. The molecule has 1 aliphatic carbocycles. The van der Waals surface area contributed by atoms with Crippen LogP contribution in [-0.2, 0) is 15.1 Å². The minimum atomic E-state index is -2.82. The van der Waals surface area contributed by atoms with Crippen LogP contribution in [0.15, 0.2) is 54.3 Å². The summed E-state index contributed by atoms with van der Waals surface area (Å²) >= 11 is 6.96. The van der Waals surface area contributed by atoms with Gasteiger partial charge in [0, 0.05) is 53.5 Å². The van der Waals surface area contributed by atoms with Crippen LogP contribution < -0.4 is 10.2 Å². The van der Waals surface area contributed by atoms with Crippen molar-refractivity contribution in [3.8, 4) is 10.6 Å². The molecule has 1 N–H and O–H groups in total. The van der Waals surface area contributed by atoms with E-state index in [2.05, 4.69) is 15.3 Å². The van der Waals surface area contributed by atoms with E-state index in [-0.39, 0.29) is 24.1 Å². The Kier molecular flexibility index (Phi) is 7.84. The van der Waals surface area contributed by atoms with Crippen molar-refractivity contribution < 1.29 is 27.2 Å². The summed E-state index contributed by atoms with van der Waals surface area (Å²) in [6.45, 7) is 1.31. The van der Waals surface area contributed by atoms with E-state index < -0.39 is 53.6 Å². The zero-order valence-electron chi connectivity index (χ0n) is 19.6. The fourth-order valence-electron chi connectivity index (χ4n) is 4.37. The molecule has 2 atom stereocenters. The van der Waals surface area contributed by atoms with Crippen LogP contribution in [0, 0.1) is 5.82 Å². The summed E-state index contributed by atoms with van der Waals surface area (Å²) in [5, 5.41) is 5.20. The molecule has 0 spiro atoms. The number of halogens is 5. The fourth-order valence-corrected chi connectivity index (χ4v) is 5.11. The van der Waals surface area contributed by atoms with E-state index in [1.807, 2.05) is 0 Å². The second kappa shape index (κ2) is 10.7. The van der Waals surface area contributed by atoms with Gasteiger partial charge in [-0.15, -0.1) is 11.3 Å². The van der Waals surface area contributed by atoms with E-state index in [9.17, 15) is 27.2 Å². The SMILES string of the molecule is C[C@](C(=O)NC1CCC(F)(F)CC1)(c1cncc(F)c1)N(C(=O)C(F)Cl)c1ccc(-c2nccs2)cc1. The second-order valence-electron chi connectivity index (χ2n) is 8.93. The molecule has 1 fully saturated rings. The van der Waals surface area contributed by atoms with Gasteiger partial charge in [0.1, 0.15) is 10.8 Å². The highest BCUT2D eigenvalue weighted by atomic mass is 35.5. The first-order valence-electron chi connectivity index (χ1n) is 11.4. The van der Waals surface area contributed by atoms with Crippen LogP contribution >= 0.6 is 22.9 Å². The van der Waals surface area contributed by atoms with E-state index in [1.165, 1.54) is 36.6 Å². The van der Waals surface area contributed by atoms with Crippen molar-refractivity contribution in [2.45, 2.75) is 55.7 Å². The van der Waals surface area contributed by atoms with Crippen LogP contribution in [-0.4, -0.2) is 39.4 Å². The number of nitrogens with zero attached hydrogens (tertiary/aromatic N) is 3. The van der Waals surface area contributed by atoms with Crippen LogP contribution in [0.5, 0.6) is 0 Å². The lowest BCUT2D eigenvalue weighted by atomic mass is 9.87. The van der Waals surface area contributed by atoms with Gasteiger partial charge in [0.15, 0.2) is 5.54 Å². The minimum absolute atomic E-state index is 0.00786. The summed E-state index contributed by atoms with van der Waals surface area (Å²) in [7, 11) is 0. The Morgan fingerprint density at radius 1 is 1.22 bits per heavy atom. The van der Waals surface area contributed by atoms with Crippen molar-refractivity contribution in [3.63, 3.8) is 0 Å². The summed E-state index contributed by atoms with van der Waals surface area (Å²) in [5.74, 6) is -5.69. The molecule has 12 heteroatoms. The van der Waals surface area contributed by atoms with Crippen LogP contribution in [0.4, 0.5) is 23.2 Å². The molecular formula is C25H23ClF4N4O2S. The van der Waals surface area contributed by atoms with Crippen molar-refractivity contribution in [2.24, 2.45) is 0 Å². The number of alkyl halides is 4. The topological polar surface area (TPSA) is 75.2 Å². The predicted molar refractivity (Wildman–Crippen MR) is 133 cm³/mol. The van der Waals surface area contributed by atoms with Crippen LogP contribution in [0.1, 0.15) is 38.2 Å². The van der Waals surface area contributed by atoms with Gasteiger partial charge in [-0.05, 0) is 50.1 Å². The molecule has 0 aliphatic heterocycles. The summed E-state index contributed by atoms with van der Waals surface area (Å²) in [6.07, 6.45) is 2.92. The highest BCUT2D eigenvalue weighted by Crippen LogP contribution is 2.38. The number of pyridine rings is 1. The molecule has 1 unspecified atom stereocenters. The Labute approximate surface area is 219 Å². The first kappa shape index (κ1) is 27.0. The van der Waals surface area contributed by atoms with E-state index in [0.29, 0.717) is 5.01 Å². The minimum Gasteiger partial charge on any atom is -0.351 e. The van der Waals surface area contributed by atoms with Crippen molar-refractivity contribution in [1.29, 1.82) is 0 Å². The Morgan fingerprint density at radius 3 is 2.46 bits per heavy atom. The summed E-state index contributed by atoms with van der Waals surface area (Å²) in [6, 6.07) is 6.66. The van der Waals surface area contributed by atoms with Gasteiger partial charge >= 0.3 is 0 Å². The number of nitrogens with one attached hydrogen (secondary N) is 1. The summed E-state index contributed by atoms with van der Waals surface area (Å²) in [5.41, 5.74) is -3.80. The molecule has 3 aromatic rings. The van der Waals surface area contributed by atoms with Gasteiger partial charge in [-0.25, -0.2) is 22.5 Å². The standard InChI is InChI=1S/C25H23ClF4N4O2S/c1-24(16-12-17(27)14-31-13-16,23(36)33-18-6-8-25(29,30)9-7-18)34(22(35)20(26)28)19-4-2-15(3-5-19)21-32-10-11-37-21/h2-5,10-14,18,20H,6-9H2,1H3,(H,33,36)/t20?,24-/m1/s1. The molecule has 1 aromatic carbocycles. The number of hydrogen-bond donors (Lipinski definition) is 1. The van der Waals surface area contributed by atoms with Crippen LogP contribution in [0.25, 0.3) is 10.6 Å². The summed E-state index contributed by atoms with van der Waals surface area (Å²) < 4.78 is 55.9. The average molecular weight is 555 g/mol. The molecule has 6 nitrogen and oxygen atoms in total. The molecule has 37 heavy (non-hydrogen) atoms. The van der Waals surface area contributed by atoms with Gasteiger partial charge in [-0.2, -0.15) is 0 Å². The van der Waals surface area contributed by atoms with E-state index in [4.69, 9.17) is 11.6 Å². The quantitative estimate of drug-likeness (QED) is 0.295. The van der Waals surface area contributed by atoms with Gasteiger partial charge < -0.3 is 5.32 Å². The molecule has 0 bridgehead atoms. The summed E-state index contributed by atoms with van der Waals surface area (Å²) in [4.78, 5) is 35.8. The second-order valence-corrected chi connectivity index (χ2v) is 10.2. The van der Waals surface area contributed by atoms with Crippen LogP contribution in [0.3, 0.4) is 0 Å². The lowest BCUT2D eigenvalue weighted by molar-refractivity contribution is -0.132. The van der Waals surface area contributed by atoms with E-state index in [1.54, 1.807) is 23.7 Å². The number of anilines is 1. The Balaban J connectivity index is 1.78. The Morgan fingerprint density at radius 2 is 1.89 bits per heavy atom. The molecule has 4 rings (SSSR count). The van der Waals surface area contributed by atoms with Crippen LogP contribution in [0.2, 0.25) is 0 Å². The third-order valence-corrected chi connectivity index (χ3v) is 7.43. The zero-order chi connectivity index (χ0) is 26.8. The van der Waals surface area contributed by atoms with Gasteiger partial charge in [0.05, 0.1) is 6.20 Å². The molecule has 2 aromatic heterocycles. The van der Waals surface area contributed by atoms with Crippen molar-refractivity contribution in [2.75, 3.05) is 4.90 Å². The maximum Gasteiger partial charge on any atom is 0.278 e. The number of carbonyl (C=O) groups excluding carboxylic acids is 2. The first-order chi connectivity index (χ1) is 17.5. The average Bonchev–Trinajstić information content (AvgIpc) is 3.40. The molecular weight excluding hydrogens is 532 g/mol. The highest BCUT2D eigenvalue weighted by Gasteiger charge is 2.48. The van der Waals surface area contributed by atoms with Crippen molar-refractivity contribution in [1.82, 2.24) is 15.3 Å². The van der Waals surface area contributed by atoms with Crippen molar-refractivity contribution >= 4 is 40.4 Å². The molecule has 1 saturated carbocycles. The fraction of sp³-hybridized carbons (Fsp3) is 0.360. The Bertz CT molecular complexity index is 1250. The molecule has 1 aliphatic rings. The van der Waals surface area contributed by atoms with Gasteiger partial charge in [0.25, 0.3) is 17.4 Å². The number of carbonyl (C=O) groups is 2. The third-order valence-electron chi connectivity index (χ3n) is 6.42. The van der Waals surface area contributed by atoms with Crippen molar-refractivity contribution in [3.05, 3.63) is 65.7 Å². The lowest BCUT2D eigenvalue weighted by Gasteiger charge is -2.41. The van der Waals surface area contributed by atoms with Gasteiger partial charge in [-0.3, -0.25) is 19.5 Å². The van der Waals surface area contributed by atoms with Gasteiger partial charge in [-0.1, -0.05) is 11.6 Å². The lowest BCUT2D eigenvalue weighted by Crippen LogP contribution is -2.60. The Hall–Kier alpha value is -3.05. The highest BCUT2D eigenvalue weighted by molar-refractivity contribution is 7.13. The largest absolute Gasteiger partial charge is 0.351 e. The van der Waals surface area contributed by atoms with E-state index >= 15 is 0 Å². The normalized spacial score (nSPS) is 18.0. The molecule has 2 heterocycles. The number of benzene rings is 1. The zero-order valence-corrected chi connectivity index (χ0v) is 21.2. The molecule has 196 valence electrons. The molecule has 0 radical (unpaired) electrons. The molecule has 0 saturated heterocycles. The smallest absolute Gasteiger partial charge is 0.278 e. The van der Waals surface area contributed by atoms with E-state index in [0.717, 1.165) is 22.7 Å². The number of amides is 2. The maximum absolute atomic E-state index is 14.3. The number of aromatic nitrogens is 2. The third kappa shape index (κ3) is 5.77. The monoisotopic (exact) mass is 554 g/mol. The first-order valence-corrected chi connectivity index (χ1v) is 12.7. The molecule has 2 amide bonds.